The molecule has 10 nitrogen and oxygen atoms in total. The Balaban J connectivity index is -0.0000000171. The van der Waals surface area contributed by atoms with Crippen LogP contribution in [0.25, 0.3) is 0 Å². The van der Waals surface area contributed by atoms with Crippen LogP contribution >= 0.6 is 0 Å². The molecule has 0 aliphatic rings. The Labute approximate surface area is 79.8 Å². The topological polar surface area (TPSA) is 190 Å². The smallest absolute Gasteiger partial charge is 0.291 e. The summed E-state index contributed by atoms with van der Waals surface area (Å²) < 4.78 is 0. The number of rotatable bonds is 0. The van der Waals surface area contributed by atoms with Crippen LogP contribution in [-0.2, 0) is 27.7 Å². The average Bonchev–Trinajstić information content (AvgIpc) is 1.25. The molecule has 66 valence electrons. The SMILES string of the molecule is O.O.O=[N+]([O-])O.O=[N+]([O-])O.[Hg]. The summed E-state index contributed by atoms with van der Waals surface area (Å²) in [7, 11) is 0. The molecule has 0 fully saturated rings. The maximum absolute atomic E-state index is 8.36. The molecule has 0 amide bonds. The molecule has 0 aromatic rings. The molecule has 0 aromatic carbocycles. The number of hydrogen-bond donors (Lipinski definition) is 2. The van der Waals surface area contributed by atoms with Crippen molar-refractivity contribution in [3.63, 3.8) is 0 Å². The molecule has 0 rings (SSSR count). The van der Waals surface area contributed by atoms with Crippen molar-refractivity contribution in [1.82, 2.24) is 0 Å². The van der Waals surface area contributed by atoms with Crippen LogP contribution in [0.5, 0.6) is 0 Å². The van der Waals surface area contributed by atoms with E-state index in [0.29, 0.717) is 0 Å². The Bertz CT molecular complexity index is 70.1. The van der Waals surface area contributed by atoms with Gasteiger partial charge in [-0.15, -0.1) is 20.2 Å². The first-order valence-corrected chi connectivity index (χ1v) is 1.13. The van der Waals surface area contributed by atoms with Gasteiger partial charge in [0.2, 0.25) is 0 Å². The molecule has 6 N–H and O–H groups in total. The van der Waals surface area contributed by atoms with Gasteiger partial charge in [0.05, 0.1) is 0 Å². The monoisotopic (exact) mass is 364 g/mol. The number of nitrogens with zero attached hydrogens (tertiary/aromatic N) is 2. The largest absolute Gasteiger partial charge is 0.412 e. The van der Waals surface area contributed by atoms with Gasteiger partial charge in [-0.05, 0) is 0 Å². The second-order valence-electron chi connectivity index (χ2n) is 0.476. The van der Waals surface area contributed by atoms with Crippen LogP contribution in [-0.4, -0.2) is 31.5 Å². The Kier molecular flexibility index (Phi) is 66.0. The third-order valence-corrected chi connectivity index (χ3v) is 0. The Morgan fingerprint density at radius 1 is 0.909 bits per heavy atom. The van der Waals surface area contributed by atoms with E-state index in [-0.39, 0.29) is 38.6 Å². The van der Waals surface area contributed by atoms with Crippen LogP contribution in [0.4, 0.5) is 0 Å². The first-order valence-electron chi connectivity index (χ1n) is 1.13. The minimum absolute atomic E-state index is 0. The zero-order valence-corrected chi connectivity index (χ0v) is 10.6. The van der Waals surface area contributed by atoms with Crippen LogP contribution in [0.15, 0.2) is 0 Å². The molecule has 11 heavy (non-hydrogen) atoms. The fraction of sp³-hybridized carbons (Fsp3) is 0. The molecule has 0 aromatic heterocycles. The molecule has 0 bridgehead atoms. The van der Waals surface area contributed by atoms with Gasteiger partial charge in [0.1, 0.15) is 0 Å². The summed E-state index contributed by atoms with van der Waals surface area (Å²) >= 11 is 0. The molecule has 0 saturated carbocycles. The zero-order valence-electron chi connectivity index (χ0n) is 5.13. The molecule has 0 aliphatic carbocycles. The van der Waals surface area contributed by atoms with Gasteiger partial charge in [-0.3, -0.25) is 0 Å². The van der Waals surface area contributed by atoms with Gasteiger partial charge in [0.15, 0.2) is 0 Å². The van der Waals surface area contributed by atoms with Crippen LogP contribution in [0.2, 0.25) is 0 Å². The van der Waals surface area contributed by atoms with Crippen LogP contribution in [0, 0.1) is 20.2 Å². The second-order valence-corrected chi connectivity index (χ2v) is 0.476. The first kappa shape index (κ1) is 31.8. The van der Waals surface area contributed by atoms with Gasteiger partial charge in [0.25, 0.3) is 10.2 Å². The van der Waals surface area contributed by atoms with Crippen molar-refractivity contribution in [2.24, 2.45) is 0 Å². The van der Waals surface area contributed by atoms with E-state index in [2.05, 4.69) is 0 Å². The van der Waals surface area contributed by atoms with Gasteiger partial charge in [-0.25, -0.2) is 0 Å². The van der Waals surface area contributed by atoms with Crippen molar-refractivity contribution in [3.8, 4) is 0 Å². The van der Waals surface area contributed by atoms with E-state index in [0.717, 1.165) is 0 Å². The zero-order chi connectivity index (χ0) is 7.15. The quantitative estimate of drug-likeness (QED) is 0.275. The summed E-state index contributed by atoms with van der Waals surface area (Å²) in [6, 6.07) is 0. The fourth-order valence-corrected chi connectivity index (χ4v) is 0. The predicted molar refractivity (Wildman–Crippen MR) is 24.8 cm³/mol. The molecule has 0 unspecified atom stereocenters. The average molecular weight is 363 g/mol. The standard InChI is InChI=1S/Hg.2HNO3.2H2O/c;2*2-1(3)4;;/h;2*(H,2,3,4);2*1H2. The van der Waals surface area contributed by atoms with Crippen LogP contribution in [0.1, 0.15) is 0 Å². The van der Waals surface area contributed by atoms with Crippen molar-refractivity contribution >= 4 is 0 Å². The van der Waals surface area contributed by atoms with Crippen LogP contribution < -0.4 is 0 Å². The molecular formula is H6HgN2O8. The van der Waals surface area contributed by atoms with Crippen molar-refractivity contribution in [3.05, 3.63) is 20.2 Å². The van der Waals surface area contributed by atoms with Gasteiger partial charge in [0, 0.05) is 27.7 Å². The molecule has 0 radical (unpaired) electrons. The maximum Gasteiger partial charge on any atom is 0.291 e. The van der Waals surface area contributed by atoms with Crippen molar-refractivity contribution in [1.29, 1.82) is 0 Å². The minimum Gasteiger partial charge on any atom is -0.412 e. The molecule has 11 heteroatoms. The van der Waals surface area contributed by atoms with Crippen LogP contribution in [0.3, 0.4) is 0 Å². The molecule has 0 spiro atoms. The minimum atomic E-state index is -1.50. The molecule has 0 saturated heterocycles. The number of hydrogen-bond acceptors (Lipinski definition) is 4. The third kappa shape index (κ3) is 878. The van der Waals surface area contributed by atoms with Gasteiger partial charge in [-0.1, -0.05) is 0 Å². The molecular weight excluding hydrogens is 357 g/mol. The fourth-order valence-electron chi connectivity index (χ4n) is 0. The molecule has 0 heterocycles. The maximum atomic E-state index is 8.36. The Morgan fingerprint density at radius 3 is 0.909 bits per heavy atom. The van der Waals surface area contributed by atoms with E-state index in [1.54, 1.807) is 0 Å². The van der Waals surface area contributed by atoms with Crippen molar-refractivity contribution < 1.29 is 59.2 Å². The van der Waals surface area contributed by atoms with Gasteiger partial charge >= 0.3 is 0 Å². The van der Waals surface area contributed by atoms with E-state index < -0.39 is 10.2 Å². The summed E-state index contributed by atoms with van der Waals surface area (Å²) in [5, 5.41) is 27.3. The second kappa shape index (κ2) is 22.8. The predicted octanol–water partition coefficient (Wildman–Crippen LogP) is -2.35. The van der Waals surface area contributed by atoms with Gasteiger partial charge in [-0.2, -0.15) is 0 Å². The molecule has 0 aliphatic heterocycles. The van der Waals surface area contributed by atoms with E-state index >= 15 is 0 Å². The van der Waals surface area contributed by atoms with E-state index in [9.17, 15) is 0 Å². The summed E-state index contributed by atoms with van der Waals surface area (Å²) in [6.45, 7) is 0. The van der Waals surface area contributed by atoms with E-state index in [1.807, 2.05) is 0 Å². The Morgan fingerprint density at radius 2 is 0.909 bits per heavy atom. The summed E-state index contributed by atoms with van der Waals surface area (Å²) in [5.41, 5.74) is 0. The van der Waals surface area contributed by atoms with Gasteiger partial charge < -0.3 is 21.4 Å². The van der Waals surface area contributed by atoms with E-state index in [1.165, 1.54) is 0 Å². The van der Waals surface area contributed by atoms with Crippen molar-refractivity contribution in [2.45, 2.75) is 0 Å². The Hall–Kier alpha value is -0.745. The summed E-state index contributed by atoms with van der Waals surface area (Å²) in [6.07, 6.45) is 0. The summed E-state index contributed by atoms with van der Waals surface area (Å²) in [5.74, 6) is 0. The first-order chi connectivity index (χ1) is 3.46. The molecule has 0 atom stereocenters. The normalized spacial score (nSPS) is 4.36. The van der Waals surface area contributed by atoms with E-state index in [4.69, 9.17) is 30.6 Å². The third-order valence-electron chi connectivity index (χ3n) is 0. The van der Waals surface area contributed by atoms with Crippen molar-refractivity contribution in [2.75, 3.05) is 0 Å². The summed E-state index contributed by atoms with van der Waals surface area (Å²) in [4.78, 5) is 16.7.